The monoisotopic (exact) mass is 454 g/mol. The lowest BCUT2D eigenvalue weighted by Crippen LogP contribution is -2.26. The van der Waals surface area contributed by atoms with E-state index >= 15 is 0 Å². The number of carbonyl (C=O) groups excluding carboxylic acids is 1. The summed E-state index contributed by atoms with van der Waals surface area (Å²) in [6, 6.07) is 13.3. The summed E-state index contributed by atoms with van der Waals surface area (Å²) in [5, 5.41) is 7.50. The predicted molar refractivity (Wildman–Crippen MR) is 123 cm³/mol. The first kappa shape index (κ1) is 20.3. The van der Waals surface area contributed by atoms with Gasteiger partial charge >= 0.3 is 0 Å². The van der Waals surface area contributed by atoms with Gasteiger partial charge in [0.15, 0.2) is 11.5 Å². The number of ether oxygens (including phenoxy) is 2. The standard InChI is InChI=1S/C25H22N6O3/c32-24(27-11-8-18-3-1-2-10-26-18)19-14-29-31(23(19)16-4-5-16)25-28-12-9-20(30-25)17-6-7-21-22(13-17)34-15-33-21/h1-3,6-7,9-10,12-14,16H,4-5,8,11,15H2,(H,27,32). The van der Waals surface area contributed by atoms with E-state index in [1.54, 1.807) is 23.3 Å². The number of amides is 1. The molecule has 1 aliphatic heterocycles. The Kier molecular flexibility index (Phi) is 5.14. The van der Waals surface area contributed by atoms with Crippen LogP contribution in [0.4, 0.5) is 0 Å². The molecule has 3 aromatic heterocycles. The summed E-state index contributed by atoms with van der Waals surface area (Å²) < 4.78 is 12.6. The van der Waals surface area contributed by atoms with Crippen molar-refractivity contribution in [3.8, 4) is 28.7 Å². The van der Waals surface area contributed by atoms with Crippen molar-refractivity contribution in [3.05, 3.63) is 78.0 Å². The molecule has 0 atom stereocenters. The molecule has 9 heteroatoms. The summed E-state index contributed by atoms with van der Waals surface area (Å²) in [4.78, 5) is 26.5. The Morgan fingerprint density at radius 2 is 1.97 bits per heavy atom. The maximum absolute atomic E-state index is 13.0. The number of aromatic nitrogens is 5. The highest BCUT2D eigenvalue weighted by atomic mass is 16.7. The van der Waals surface area contributed by atoms with Crippen molar-refractivity contribution < 1.29 is 14.3 Å². The van der Waals surface area contributed by atoms with Crippen LogP contribution in [0.5, 0.6) is 11.5 Å². The summed E-state index contributed by atoms with van der Waals surface area (Å²) in [6.07, 6.45) is 7.77. The summed E-state index contributed by atoms with van der Waals surface area (Å²) >= 11 is 0. The van der Waals surface area contributed by atoms with Crippen molar-refractivity contribution in [2.45, 2.75) is 25.2 Å². The topological polar surface area (TPSA) is 104 Å². The number of nitrogens with zero attached hydrogens (tertiary/aromatic N) is 5. The Labute approximate surface area is 195 Å². The van der Waals surface area contributed by atoms with Crippen LogP contribution in [0.3, 0.4) is 0 Å². The fraction of sp³-hybridized carbons (Fsp3) is 0.240. The highest BCUT2D eigenvalue weighted by Gasteiger charge is 2.33. The Bertz CT molecular complexity index is 1350. The van der Waals surface area contributed by atoms with E-state index in [4.69, 9.17) is 14.5 Å². The molecule has 6 rings (SSSR count). The van der Waals surface area contributed by atoms with E-state index in [-0.39, 0.29) is 18.6 Å². The quantitative estimate of drug-likeness (QED) is 0.457. The number of benzene rings is 1. The van der Waals surface area contributed by atoms with E-state index in [0.29, 0.717) is 30.2 Å². The number of fused-ring (bicyclic) bond motifs is 1. The van der Waals surface area contributed by atoms with Crippen molar-refractivity contribution in [2.75, 3.05) is 13.3 Å². The molecule has 2 aliphatic rings. The molecule has 1 fully saturated rings. The van der Waals surface area contributed by atoms with Crippen LogP contribution in [-0.2, 0) is 6.42 Å². The van der Waals surface area contributed by atoms with Crippen LogP contribution < -0.4 is 14.8 Å². The third-order valence-corrected chi connectivity index (χ3v) is 5.91. The summed E-state index contributed by atoms with van der Waals surface area (Å²) in [7, 11) is 0. The minimum Gasteiger partial charge on any atom is -0.454 e. The van der Waals surface area contributed by atoms with E-state index < -0.39 is 0 Å². The summed E-state index contributed by atoms with van der Waals surface area (Å²) in [5.41, 5.74) is 4.00. The van der Waals surface area contributed by atoms with Gasteiger partial charge in [0.05, 0.1) is 23.1 Å². The number of carbonyl (C=O) groups is 1. The lowest BCUT2D eigenvalue weighted by Gasteiger charge is -2.09. The first-order valence-electron chi connectivity index (χ1n) is 11.3. The molecule has 1 saturated carbocycles. The Hall–Kier alpha value is -4.27. The van der Waals surface area contributed by atoms with E-state index in [1.165, 1.54) is 0 Å². The van der Waals surface area contributed by atoms with Gasteiger partial charge in [0.1, 0.15) is 0 Å². The van der Waals surface area contributed by atoms with Gasteiger partial charge in [0.2, 0.25) is 6.79 Å². The van der Waals surface area contributed by atoms with Crippen molar-refractivity contribution in [2.24, 2.45) is 0 Å². The van der Waals surface area contributed by atoms with Crippen LogP contribution in [0.1, 0.15) is 40.5 Å². The molecule has 1 N–H and O–H groups in total. The van der Waals surface area contributed by atoms with E-state index in [1.807, 2.05) is 42.5 Å². The zero-order chi connectivity index (χ0) is 22.9. The molecule has 0 spiro atoms. The highest BCUT2D eigenvalue weighted by Crippen LogP contribution is 2.42. The van der Waals surface area contributed by atoms with Gasteiger partial charge in [-0.15, -0.1) is 0 Å². The fourth-order valence-electron chi connectivity index (χ4n) is 4.05. The molecule has 9 nitrogen and oxygen atoms in total. The molecule has 0 saturated heterocycles. The van der Waals surface area contributed by atoms with Gasteiger partial charge in [-0.3, -0.25) is 9.78 Å². The van der Waals surface area contributed by atoms with Gasteiger partial charge in [-0.25, -0.2) is 14.6 Å². The highest BCUT2D eigenvalue weighted by molar-refractivity contribution is 5.95. The average Bonchev–Trinajstić information content (AvgIpc) is 3.43. The van der Waals surface area contributed by atoms with Gasteiger partial charge in [-0.2, -0.15) is 5.10 Å². The Morgan fingerprint density at radius 1 is 1.06 bits per heavy atom. The van der Waals surface area contributed by atoms with Crippen LogP contribution in [-0.4, -0.2) is 44.0 Å². The number of rotatable bonds is 7. The van der Waals surface area contributed by atoms with Crippen molar-refractivity contribution in [1.82, 2.24) is 30.0 Å². The molecule has 34 heavy (non-hydrogen) atoms. The predicted octanol–water partition coefficient (Wildman–Crippen LogP) is 3.30. The van der Waals surface area contributed by atoms with Crippen molar-refractivity contribution >= 4 is 5.91 Å². The fourth-order valence-corrected chi connectivity index (χ4v) is 4.05. The first-order valence-corrected chi connectivity index (χ1v) is 11.3. The van der Waals surface area contributed by atoms with Gasteiger partial charge < -0.3 is 14.8 Å². The number of nitrogens with one attached hydrogen (secondary N) is 1. The summed E-state index contributed by atoms with van der Waals surface area (Å²) in [5.74, 6) is 1.98. The molecule has 170 valence electrons. The molecule has 4 heterocycles. The number of hydrogen-bond acceptors (Lipinski definition) is 7. The second kappa shape index (κ2) is 8.58. The minimum atomic E-state index is -0.143. The molecule has 4 aromatic rings. The third-order valence-electron chi connectivity index (χ3n) is 5.91. The molecule has 1 aliphatic carbocycles. The molecule has 1 aromatic carbocycles. The molecular weight excluding hydrogens is 432 g/mol. The van der Waals surface area contributed by atoms with Crippen LogP contribution in [0.2, 0.25) is 0 Å². The number of pyridine rings is 1. The summed E-state index contributed by atoms with van der Waals surface area (Å²) in [6.45, 7) is 0.722. The molecule has 1 amide bonds. The largest absolute Gasteiger partial charge is 0.454 e. The Morgan fingerprint density at radius 3 is 2.82 bits per heavy atom. The maximum atomic E-state index is 13.0. The maximum Gasteiger partial charge on any atom is 0.254 e. The smallest absolute Gasteiger partial charge is 0.254 e. The second-order valence-electron chi connectivity index (χ2n) is 8.27. The van der Waals surface area contributed by atoms with Gasteiger partial charge in [-0.05, 0) is 49.2 Å². The van der Waals surface area contributed by atoms with E-state index in [2.05, 4.69) is 20.4 Å². The zero-order valence-electron chi connectivity index (χ0n) is 18.3. The normalized spacial score (nSPS) is 14.2. The lowest BCUT2D eigenvalue weighted by atomic mass is 10.1. The lowest BCUT2D eigenvalue weighted by molar-refractivity contribution is 0.0953. The van der Waals surface area contributed by atoms with Crippen LogP contribution in [0, 0.1) is 0 Å². The average molecular weight is 454 g/mol. The van der Waals surface area contributed by atoms with Crippen molar-refractivity contribution in [3.63, 3.8) is 0 Å². The molecule has 0 bridgehead atoms. The third kappa shape index (κ3) is 3.96. The zero-order valence-corrected chi connectivity index (χ0v) is 18.3. The van der Waals surface area contributed by atoms with Crippen molar-refractivity contribution in [1.29, 1.82) is 0 Å². The van der Waals surface area contributed by atoms with Gasteiger partial charge in [0.25, 0.3) is 11.9 Å². The number of hydrogen-bond donors (Lipinski definition) is 1. The SMILES string of the molecule is O=C(NCCc1ccccn1)c1cnn(-c2nccc(-c3ccc4c(c3)OCO4)n2)c1C1CC1. The second-order valence-corrected chi connectivity index (χ2v) is 8.27. The van der Waals surface area contributed by atoms with Crippen LogP contribution >= 0.6 is 0 Å². The van der Waals surface area contributed by atoms with Gasteiger partial charge in [0, 0.05) is 42.5 Å². The Balaban J connectivity index is 1.25. The van der Waals surface area contributed by atoms with E-state index in [0.717, 1.165) is 41.2 Å². The minimum absolute atomic E-state index is 0.143. The van der Waals surface area contributed by atoms with Crippen LogP contribution in [0.15, 0.2) is 61.1 Å². The first-order chi connectivity index (χ1) is 16.8. The van der Waals surface area contributed by atoms with E-state index in [9.17, 15) is 4.79 Å². The molecule has 0 unspecified atom stereocenters. The van der Waals surface area contributed by atoms with Gasteiger partial charge in [-0.1, -0.05) is 6.07 Å². The molecule has 0 radical (unpaired) electrons. The van der Waals surface area contributed by atoms with Crippen LogP contribution in [0.25, 0.3) is 17.2 Å². The molecular formula is C25H22N6O3.